The molecule has 0 spiro atoms. The van der Waals surface area contributed by atoms with Crippen LogP contribution in [0, 0.1) is 18.6 Å². The first-order chi connectivity index (χ1) is 11.5. The molecule has 0 atom stereocenters. The summed E-state index contributed by atoms with van der Waals surface area (Å²) in [6.45, 7) is 2.44. The van der Waals surface area contributed by atoms with Crippen LogP contribution in [0.25, 0.3) is 0 Å². The maximum atomic E-state index is 13.7. The highest BCUT2D eigenvalue weighted by Crippen LogP contribution is 2.25. The molecule has 0 bridgehead atoms. The van der Waals surface area contributed by atoms with E-state index in [1.807, 2.05) is 17.7 Å². The number of aryl methyl sites for hydroxylation is 1. The fraction of sp³-hybridized carbons (Fsp3) is 0.167. The third kappa shape index (κ3) is 3.74. The van der Waals surface area contributed by atoms with Gasteiger partial charge in [-0.3, -0.25) is 4.68 Å². The summed E-state index contributed by atoms with van der Waals surface area (Å²) in [7, 11) is 0. The number of aromatic nitrogens is 2. The molecule has 1 aromatic heterocycles. The fourth-order valence-electron chi connectivity index (χ4n) is 2.33. The number of benzene rings is 2. The van der Waals surface area contributed by atoms with E-state index < -0.39 is 11.6 Å². The topological polar surface area (TPSA) is 27.1 Å². The van der Waals surface area contributed by atoms with Gasteiger partial charge < -0.3 is 4.74 Å². The van der Waals surface area contributed by atoms with Crippen molar-refractivity contribution in [2.75, 3.05) is 0 Å². The minimum absolute atomic E-state index is 0.00116. The van der Waals surface area contributed by atoms with Crippen LogP contribution in [0.1, 0.15) is 16.8 Å². The zero-order valence-electron chi connectivity index (χ0n) is 13.0. The highest BCUT2D eigenvalue weighted by Gasteiger charge is 2.10. The van der Waals surface area contributed by atoms with Crippen LogP contribution in [-0.4, -0.2) is 9.78 Å². The normalized spacial score (nSPS) is 10.8. The Bertz CT molecular complexity index is 864. The summed E-state index contributed by atoms with van der Waals surface area (Å²) in [5, 5.41) is 4.82. The van der Waals surface area contributed by atoms with Gasteiger partial charge in [-0.15, -0.1) is 0 Å². The Kier molecular flexibility index (Phi) is 4.81. The van der Waals surface area contributed by atoms with Gasteiger partial charge in [-0.2, -0.15) is 5.10 Å². The summed E-state index contributed by atoms with van der Waals surface area (Å²) in [6.07, 6.45) is 1.72. The molecule has 0 aliphatic heterocycles. The van der Waals surface area contributed by atoms with Gasteiger partial charge in [0.1, 0.15) is 24.0 Å². The standard InChI is InChI=1S/C18H15ClF2N2O/c1-12-6-7-22-23(12)10-14-8-15(19)3-5-18(14)24-11-13-2-4-16(20)9-17(13)21/h2-9H,10-11H2,1H3. The van der Waals surface area contributed by atoms with Crippen molar-refractivity contribution in [2.24, 2.45) is 0 Å². The molecule has 3 aromatic rings. The van der Waals surface area contributed by atoms with Crippen LogP contribution in [0.5, 0.6) is 5.75 Å². The Morgan fingerprint density at radius 3 is 2.62 bits per heavy atom. The van der Waals surface area contributed by atoms with Crippen molar-refractivity contribution in [1.29, 1.82) is 0 Å². The summed E-state index contributed by atoms with van der Waals surface area (Å²) in [5.41, 5.74) is 2.12. The van der Waals surface area contributed by atoms with Crippen LogP contribution >= 0.6 is 11.6 Å². The van der Waals surface area contributed by atoms with Crippen molar-refractivity contribution in [3.63, 3.8) is 0 Å². The summed E-state index contributed by atoms with van der Waals surface area (Å²) < 4.78 is 34.2. The highest BCUT2D eigenvalue weighted by molar-refractivity contribution is 6.30. The number of nitrogens with zero attached hydrogens (tertiary/aromatic N) is 2. The minimum Gasteiger partial charge on any atom is -0.488 e. The lowest BCUT2D eigenvalue weighted by Gasteiger charge is -2.13. The van der Waals surface area contributed by atoms with E-state index in [1.54, 1.807) is 24.4 Å². The Hall–Kier alpha value is -2.40. The van der Waals surface area contributed by atoms with Crippen molar-refractivity contribution >= 4 is 11.6 Å². The van der Waals surface area contributed by atoms with Gasteiger partial charge in [0.2, 0.25) is 0 Å². The third-order valence-corrected chi connectivity index (χ3v) is 3.90. The van der Waals surface area contributed by atoms with E-state index in [-0.39, 0.29) is 12.2 Å². The molecule has 124 valence electrons. The molecule has 0 amide bonds. The van der Waals surface area contributed by atoms with Gasteiger partial charge in [-0.1, -0.05) is 11.6 Å². The molecule has 2 aromatic carbocycles. The van der Waals surface area contributed by atoms with Crippen LogP contribution in [0.15, 0.2) is 48.7 Å². The third-order valence-electron chi connectivity index (χ3n) is 3.67. The number of rotatable bonds is 5. The molecule has 0 aliphatic carbocycles. The number of halogens is 3. The molecule has 0 fully saturated rings. The van der Waals surface area contributed by atoms with Gasteiger partial charge in [0.15, 0.2) is 0 Å². The first-order valence-electron chi connectivity index (χ1n) is 7.36. The summed E-state index contributed by atoms with van der Waals surface area (Å²) in [5.74, 6) is -0.663. The average molecular weight is 349 g/mol. The molecule has 6 heteroatoms. The predicted octanol–water partition coefficient (Wildman–Crippen LogP) is 4.75. The Morgan fingerprint density at radius 2 is 1.92 bits per heavy atom. The van der Waals surface area contributed by atoms with Gasteiger partial charge >= 0.3 is 0 Å². The second-order valence-corrected chi connectivity index (χ2v) is 5.84. The van der Waals surface area contributed by atoms with Crippen LogP contribution < -0.4 is 4.74 Å². The van der Waals surface area contributed by atoms with Gasteiger partial charge in [-0.25, -0.2) is 8.78 Å². The first-order valence-corrected chi connectivity index (χ1v) is 7.74. The lowest BCUT2D eigenvalue weighted by Crippen LogP contribution is -2.07. The molecule has 3 nitrogen and oxygen atoms in total. The smallest absolute Gasteiger partial charge is 0.132 e. The predicted molar refractivity (Wildman–Crippen MR) is 88.2 cm³/mol. The van der Waals surface area contributed by atoms with Crippen molar-refractivity contribution in [1.82, 2.24) is 9.78 Å². The second-order valence-electron chi connectivity index (χ2n) is 5.41. The maximum absolute atomic E-state index is 13.7. The molecule has 3 rings (SSSR count). The molecular formula is C18H15ClF2N2O. The number of hydrogen-bond donors (Lipinski definition) is 0. The lowest BCUT2D eigenvalue weighted by molar-refractivity contribution is 0.295. The van der Waals surface area contributed by atoms with E-state index in [2.05, 4.69) is 5.10 Å². The van der Waals surface area contributed by atoms with E-state index in [1.165, 1.54) is 12.1 Å². The van der Waals surface area contributed by atoms with Crippen molar-refractivity contribution < 1.29 is 13.5 Å². The van der Waals surface area contributed by atoms with Crippen LogP contribution in [0.3, 0.4) is 0 Å². The van der Waals surface area contributed by atoms with Crippen LogP contribution in [0.2, 0.25) is 5.02 Å². The van der Waals surface area contributed by atoms with Crippen molar-refractivity contribution in [2.45, 2.75) is 20.1 Å². The van der Waals surface area contributed by atoms with E-state index in [0.29, 0.717) is 17.3 Å². The van der Waals surface area contributed by atoms with Gasteiger partial charge in [0.05, 0.1) is 6.54 Å². The van der Waals surface area contributed by atoms with Gasteiger partial charge in [-0.05, 0) is 43.3 Å². The molecule has 24 heavy (non-hydrogen) atoms. The molecule has 0 saturated heterocycles. The quantitative estimate of drug-likeness (QED) is 0.665. The summed E-state index contributed by atoms with van der Waals surface area (Å²) in [6, 6.07) is 10.6. The van der Waals surface area contributed by atoms with E-state index in [4.69, 9.17) is 16.3 Å². The van der Waals surface area contributed by atoms with Crippen molar-refractivity contribution in [3.05, 3.63) is 82.1 Å². The Labute approximate surface area is 143 Å². The summed E-state index contributed by atoms with van der Waals surface area (Å²) >= 11 is 6.07. The van der Waals surface area contributed by atoms with Crippen LogP contribution in [0.4, 0.5) is 8.78 Å². The Balaban J connectivity index is 1.81. The van der Waals surface area contributed by atoms with E-state index >= 15 is 0 Å². The number of ether oxygens (including phenoxy) is 1. The maximum Gasteiger partial charge on any atom is 0.132 e. The molecule has 0 N–H and O–H groups in total. The molecular weight excluding hydrogens is 334 g/mol. The van der Waals surface area contributed by atoms with E-state index in [0.717, 1.165) is 17.3 Å². The second kappa shape index (κ2) is 7.01. The first kappa shape index (κ1) is 16.5. The largest absolute Gasteiger partial charge is 0.488 e. The highest BCUT2D eigenvalue weighted by atomic mass is 35.5. The SMILES string of the molecule is Cc1ccnn1Cc1cc(Cl)ccc1OCc1ccc(F)cc1F. The minimum atomic E-state index is -0.631. The number of hydrogen-bond acceptors (Lipinski definition) is 2. The monoisotopic (exact) mass is 348 g/mol. The van der Waals surface area contributed by atoms with Crippen LogP contribution in [-0.2, 0) is 13.2 Å². The van der Waals surface area contributed by atoms with Gasteiger partial charge in [0.25, 0.3) is 0 Å². The zero-order valence-corrected chi connectivity index (χ0v) is 13.7. The molecule has 0 radical (unpaired) electrons. The fourth-order valence-corrected chi connectivity index (χ4v) is 2.53. The van der Waals surface area contributed by atoms with E-state index in [9.17, 15) is 8.78 Å². The molecule has 0 saturated carbocycles. The van der Waals surface area contributed by atoms with Crippen molar-refractivity contribution in [3.8, 4) is 5.75 Å². The molecule has 0 unspecified atom stereocenters. The summed E-state index contributed by atoms with van der Waals surface area (Å²) in [4.78, 5) is 0. The lowest BCUT2D eigenvalue weighted by atomic mass is 10.2. The van der Waals surface area contributed by atoms with Gasteiger partial charge in [0, 0.05) is 34.1 Å². The molecule has 1 heterocycles. The Morgan fingerprint density at radius 1 is 1.08 bits per heavy atom. The molecule has 0 aliphatic rings. The average Bonchev–Trinajstić information content (AvgIpc) is 2.93. The zero-order chi connectivity index (χ0) is 17.1.